The van der Waals surface area contributed by atoms with E-state index in [-0.39, 0.29) is 6.04 Å². The molecule has 2 atom stereocenters. The predicted molar refractivity (Wildman–Crippen MR) is 86.3 cm³/mol. The van der Waals surface area contributed by atoms with Gasteiger partial charge in [0, 0.05) is 19.1 Å². The summed E-state index contributed by atoms with van der Waals surface area (Å²) in [6, 6.07) is 10.1. The molecule has 1 fully saturated rings. The maximum absolute atomic E-state index is 12.4. The molecule has 1 aliphatic heterocycles. The van der Waals surface area contributed by atoms with Gasteiger partial charge in [0.05, 0.1) is 0 Å². The molecule has 1 saturated heterocycles. The molecular formula is C16H26N2O2S. The first kappa shape index (κ1) is 16.5. The van der Waals surface area contributed by atoms with E-state index in [0.29, 0.717) is 19.0 Å². The first-order chi connectivity index (χ1) is 9.97. The van der Waals surface area contributed by atoms with Crippen LogP contribution < -0.4 is 4.72 Å². The summed E-state index contributed by atoms with van der Waals surface area (Å²) in [6.45, 7) is 5.33. The van der Waals surface area contributed by atoms with Gasteiger partial charge >= 0.3 is 0 Å². The van der Waals surface area contributed by atoms with Crippen molar-refractivity contribution < 1.29 is 8.42 Å². The predicted octanol–water partition coefficient (Wildman–Crippen LogP) is 2.57. The molecule has 1 aromatic rings. The molecule has 1 heterocycles. The van der Waals surface area contributed by atoms with E-state index in [1.807, 2.05) is 25.1 Å². The normalized spacial score (nSPS) is 22.1. The maximum Gasteiger partial charge on any atom is 0.279 e. The van der Waals surface area contributed by atoms with Crippen LogP contribution in [0.3, 0.4) is 0 Å². The van der Waals surface area contributed by atoms with Gasteiger partial charge in [-0.25, -0.2) is 0 Å². The monoisotopic (exact) mass is 310 g/mol. The summed E-state index contributed by atoms with van der Waals surface area (Å²) >= 11 is 0. The second kappa shape index (κ2) is 7.38. The third-order valence-corrected chi connectivity index (χ3v) is 5.73. The van der Waals surface area contributed by atoms with Crippen molar-refractivity contribution in [1.29, 1.82) is 0 Å². The standard InChI is InChI=1S/C16H26N2O2S/c1-14-7-6-12-18(13-14)21(19,20)17-15(2)10-11-16-8-4-3-5-9-16/h3-5,8-9,14-15,17H,6-7,10-13H2,1-2H3. The van der Waals surface area contributed by atoms with Crippen LogP contribution in [0, 0.1) is 5.92 Å². The van der Waals surface area contributed by atoms with Gasteiger partial charge in [-0.2, -0.15) is 17.4 Å². The molecule has 1 aromatic carbocycles. The van der Waals surface area contributed by atoms with Crippen molar-refractivity contribution in [1.82, 2.24) is 9.03 Å². The zero-order valence-corrected chi connectivity index (χ0v) is 13.8. The van der Waals surface area contributed by atoms with E-state index in [9.17, 15) is 8.42 Å². The Kier molecular flexibility index (Phi) is 5.79. The Morgan fingerprint density at radius 1 is 1.33 bits per heavy atom. The smallest absolute Gasteiger partial charge is 0.199 e. The van der Waals surface area contributed by atoms with Gasteiger partial charge in [-0.1, -0.05) is 37.3 Å². The molecule has 2 unspecified atom stereocenters. The zero-order chi connectivity index (χ0) is 15.3. The van der Waals surface area contributed by atoms with E-state index in [2.05, 4.69) is 23.8 Å². The summed E-state index contributed by atoms with van der Waals surface area (Å²) in [5.41, 5.74) is 1.25. The highest BCUT2D eigenvalue weighted by Gasteiger charge is 2.27. The Bertz CT molecular complexity index is 530. The highest BCUT2D eigenvalue weighted by molar-refractivity contribution is 7.87. The summed E-state index contributed by atoms with van der Waals surface area (Å²) in [6.07, 6.45) is 3.78. The van der Waals surface area contributed by atoms with Crippen molar-refractivity contribution in [2.75, 3.05) is 13.1 Å². The molecule has 0 bridgehead atoms. The van der Waals surface area contributed by atoms with Gasteiger partial charge in [0.25, 0.3) is 10.2 Å². The summed E-state index contributed by atoms with van der Waals surface area (Å²) < 4.78 is 29.1. The zero-order valence-electron chi connectivity index (χ0n) is 13.0. The van der Waals surface area contributed by atoms with Gasteiger partial charge < -0.3 is 0 Å². The molecule has 1 N–H and O–H groups in total. The lowest BCUT2D eigenvalue weighted by Crippen LogP contribution is -2.48. The van der Waals surface area contributed by atoms with E-state index < -0.39 is 10.2 Å². The molecule has 0 spiro atoms. The van der Waals surface area contributed by atoms with Crippen LogP contribution in [0.1, 0.15) is 38.7 Å². The topological polar surface area (TPSA) is 49.4 Å². The van der Waals surface area contributed by atoms with Gasteiger partial charge in [0.2, 0.25) is 0 Å². The number of rotatable bonds is 6. The Balaban J connectivity index is 1.84. The van der Waals surface area contributed by atoms with E-state index in [4.69, 9.17) is 0 Å². The van der Waals surface area contributed by atoms with Crippen molar-refractivity contribution >= 4 is 10.2 Å². The maximum atomic E-state index is 12.4. The van der Waals surface area contributed by atoms with Crippen LogP contribution in [0.4, 0.5) is 0 Å². The number of hydrogen-bond donors (Lipinski definition) is 1. The van der Waals surface area contributed by atoms with E-state index in [1.165, 1.54) is 5.56 Å². The largest absolute Gasteiger partial charge is 0.279 e. The molecule has 4 nitrogen and oxygen atoms in total. The molecule has 118 valence electrons. The molecule has 5 heteroatoms. The molecule has 0 aromatic heterocycles. The van der Waals surface area contributed by atoms with Crippen LogP contribution in [0.15, 0.2) is 30.3 Å². The van der Waals surface area contributed by atoms with Gasteiger partial charge in [-0.05, 0) is 44.1 Å². The molecule has 0 saturated carbocycles. The quantitative estimate of drug-likeness (QED) is 0.878. The Hall–Kier alpha value is -0.910. The first-order valence-corrected chi connectivity index (χ1v) is 9.22. The minimum atomic E-state index is -3.34. The van der Waals surface area contributed by atoms with Crippen molar-refractivity contribution in [2.24, 2.45) is 5.92 Å². The number of benzene rings is 1. The summed E-state index contributed by atoms with van der Waals surface area (Å²) in [7, 11) is -3.34. The van der Waals surface area contributed by atoms with Crippen molar-refractivity contribution in [3.05, 3.63) is 35.9 Å². The van der Waals surface area contributed by atoms with Crippen molar-refractivity contribution in [2.45, 2.75) is 45.6 Å². The van der Waals surface area contributed by atoms with E-state index in [1.54, 1.807) is 4.31 Å². The first-order valence-electron chi connectivity index (χ1n) is 7.78. The second-order valence-corrected chi connectivity index (χ2v) is 7.86. The van der Waals surface area contributed by atoms with Crippen LogP contribution in [0.5, 0.6) is 0 Å². The van der Waals surface area contributed by atoms with Gasteiger partial charge in [-0.3, -0.25) is 0 Å². The van der Waals surface area contributed by atoms with Gasteiger partial charge in [0.15, 0.2) is 0 Å². The fraction of sp³-hybridized carbons (Fsp3) is 0.625. The number of nitrogens with zero attached hydrogens (tertiary/aromatic N) is 1. The second-order valence-electron chi connectivity index (χ2n) is 6.15. The Labute approximate surface area is 128 Å². The van der Waals surface area contributed by atoms with Crippen LogP contribution >= 0.6 is 0 Å². The molecule has 2 rings (SSSR count). The molecule has 0 amide bonds. The van der Waals surface area contributed by atoms with Crippen molar-refractivity contribution in [3.63, 3.8) is 0 Å². The molecular weight excluding hydrogens is 284 g/mol. The summed E-state index contributed by atoms with van der Waals surface area (Å²) in [5.74, 6) is 0.454. The molecule has 0 aliphatic carbocycles. The highest BCUT2D eigenvalue weighted by atomic mass is 32.2. The fourth-order valence-electron chi connectivity index (χ4n) is 2.78. The van der Waals surface area contributed by atoms with Crippen LogP contribution in [-0.4, -0.2) is 31.9 Å². The summed E-state index contributed by atoms with van der Waals surface area (Å²) in [5, 5.41) is 0. The molecule has 0 radical (unpaired) electrons. The minimum Gasteiger partial charge on any atom is -0.199 e. The summed E-state index contributed by atoms with van der Waals surface area (Å²) in [4.78, 5) is 0. The van der Waals surface area contributed by atoms with Crippen molar-refractivity contribution in [3.8, 4) is 0 Å². The third kappa shape index (κ3) is 5.09. The third-order valence-electron chi connectivity index (χ3n) is 4.02. The van der Waals surface area contributed by atoms with Crippen LogP contribution in [0.25, 0.3) is 0 Å². The fourth-order valence-corrected chi connectivity index (χ4v) is 4.38. The lowest BCUT2D eigenvalue weighted by Gasteiger charge is -2.31. The number of hydrogen-bond acceptors (Lipinski definition) is 2. The van der Waals surface area contributed by atoms with E-state index >= 15 is 0 Å². The van der Waals surface area contributed by atoms with E-state index in [0.717, 1.165) is 25.7 Å². The Morgan fingerprint density at radius 2 is 2.05 bits per heavy atom. The number of aryl methyl sites for hydroxylation is 1. The lowest BCUT2D eigenvalue weighted by atomic mass is 10.0. The van der Waals surface area contributed by atoms with Crippen LogP contribution in [-0.2, 0) is 16.6 Å². The highest BCUT2D eigenvalue weighted by Crippen LogP contribution is 2.18. The molecule has 21 heavy (non-hydrogen) atoms. The number of nitrogens with one attached hydrogen (secondary N) is 1. The van der Waals surface area contributed by atoms with Gasteiger partial charge in [-0.15, -0.1) is 0 Å². The van der Waals surface area contributed by atoms with Gasteiger partial charge in [0.1, 0.15) is 0 Å². The SMILES string of the molecule is CC1CCCN(S(=O)(=O)NC(C)CCc2ccccc2)C1. The minimum absolute atomic E-state index is 0.0487. The Morgan fingerprint density at radius 3 is 2.71 bits per heavy atom. The number of piperidine rings is 1. The molecule has 1 aliphatic rings. The average molecular weight is 310 g/mol. The lowest BCUT2D eigenvalue weighted by molar-refractivity contribution is 0.276. The average Bonchev–Trinajstić information content (AvgIpc) is 2.46. The van der Waals surface area contributed by atoms with Crippen LogP contribution in [0.2, 0.25) is 0 Å².